The Hall–Kier alpha value is -1.67. The van der Waals surface area contributed by atoms with Crippen LogP contribution in [-0.2, 0) is 4.74 Å². The fourth-order valence-corrected chi connectivity index (χ4v) is 3.65. The van der Waals surface area contributed by atoms with Crippen molar-refractivity contribution in [1.82, 2.24) is 20.5 Å². The van der Waals surface area contributed by atoms with E-state index in [1.807, 2.05) is 13.8 Å². The number of ether oxygens (including phenoxy) is 1. The molecule has 0 aromatic carbocycles. The van der Waals surface area contributed by atoms with E-state index < -0.39 is 0 Å². The molecule has 8 heteroatoms. The number of carbonyl (C=O) groups excluding carboxylic acids is 1. The number of guanidine groups is 1. The number of aliphatic imine (C=N–C) groups is 1. The average Bonchev–Trinajstić information content (AvgIpc) is 2.92. The minimum Gasteiger partial charge on any atom is -0.462 e. The van der Waals surface area contributed by atoms with Gasteiger partial charge in [-0.3, -0.25) is 4.99 Å². The molecule has 1 unspecified atom stereocenters. The third-order valence-electron chi connectivity index (χ3n) is 3.70. The fraction of sp³-hybridized carbons (Fsp3) is 0.722. The molecule has 0 spiro atoms. The minimum absolute atomic E-state index is 0.0648. The Morgan fingerprint density at radius 2 is 2.08 bits per heavy atom. The van der Waals surface area contributed by atoms with Crippen molar-refractivity contribution >= 4 is 23.3 Å². The zero-order valence-corrected chi connectivity index (χ0v) is 18.1. The highest BCUT2D eigenvalue weighted by Crippen LogP contribution is 2.24. The molecular weight excluding hydrogens is 350 g/mol. The van der Waals surface area contributed by atoms with Crippen molar-refractivity contribution in [3.8, 4) is 0 Å². The molecule has 1 aromatic heterocycles. The quantitative estimate of drug-likeness (QED) is 0.408. The van der Waals surface area contributed by atoms with Crippen molar-refractivity contribution in [3.63, 3.8) is 0 Å². The van der Waals surface area contributed by atoms with E-state index in [1.54, 1.807) is 14.0 Å². The van der Waals surface area contributed by atoms with Crippen molar-refractivity contribution in [2.45, 2.75) is 40.7 Å². The van der Waals surface area contributed by atoms with Crippen LogP contribution in [0.2, 0.25) is 0 Å². The molecule has 0 aliphatic carbocycles. The number of carbonyl (C=O) groups is 1. The summed E-state index contributed by atoms with van der Waals surface area (Å²) in [5, 5.41) is 7.55. The molecule has 0 amide bonds. The number of aryl methyl sites for hydroxylation is 1. The highest BCUT2D eigenvalue weighted by Gasteiger charge is 2.22. The molecule has 0 fully saturated rings. The second-order valence-corrected chi connectivity index (χ2v) is 8.41. The highest BCUT2D eigenvalue weighted by atomic mass is 32.1. The molecule has 148 valence electrons. The van der Waals surface area contributed by atoms with Crippen molar-refractivity contribution < 1.29 is 9.53 Å². The first-order valence-corrected chi connectivity index (χ1v) is 9.67. The normalized spacial score (nSPS) is 13.7. The summed E-state index contributed by atoms with van der Waals surface area (Å²) in [7, 11) is 5.89. The second kappa shape index (κ2) is 9.87. The van der Waals surface area contributed by atoms with Crippen LogP contribution in [0.1, 0.15) is 54.1 Å². The van der Waals surface area contributed by atoms with E-state index in [-0.39, 0.29) is 17.4 Å². The number of esters is 1. The predicted molar refractivity (Wildman–Crippen MR) is 108 cm³/mol. The van der Waals surface area contributed by atoms with Gasteiger partial charge in [0, 0.05) is 20.1 Å². The summed E-state index contributed by atoms with van der Waals surface area (Å²) in [6.45, 7) is 12.2. The van der Waals surface area contributed by atoms with E-state index in [4.69, 9.17) is 4.74 Å². The molecule has 0 saturated heterocycles. The topological polar surface area (TPSA) is 78.8 Å². The number of nitrogens with one attached hydrogen (secondary N) is 2. The predicted octanol–water partition coefficient (Wildman–Crippen LogP) is 2.44. The molecule has 1 atom stereocenters. The molecule has 0 saturated carbocycles. The zero-order valence-electron chi connectivity index (χ0n) is 17.3. The highest BCUT2D eigenvalue weighted by molar-refractivity contribution is 7.13. The van der Waals surface area contributed by atoms with Crippen molar-refractivity contribution in [2.24, 2.45) is 10.4 Å². The SMILES string of the molecule is CCOC(=O)c1sc(C(C)NC(=NC)NCC(C)(C)CN(C)C)nc1C. The molecule has 1 aromatic rings. The van der Waals surface area contributed by atoms with Gasteiger partial charge in [-0.2, -0.15) is 0 Å². The lowest BCUT2D eigenvalue weighted by Crippen LogP contribution is -2.45. The molecule has 2 N–H and O–H groups in total. The maximum atomic E-state index is 12.0. The van der Waals surface area contributed by atoms with Gasteiger partial charge < -0.3 is 20.3 Å². The molecule has 26 heavy (non-hydrogen) atoms. The lowest BCUT2D eigenvalue weighted by atomic mass is 9.93. The van der Waals surface area contributed by atoms with Gasteiger partial charge in [0.1, 0.15) is 9.88 Å². The third kappa shape index (κ3) is 6.92. The van der Waals surface area contributed by atoms with Crippen LogP contribution in [0.4, 0.5) is 0 Å². The number of rotatable bonds is 8. The Morgan fingerprint density at radius 1 is 1.42 bits per heavy atom. The van der Waals surface area contributed by atoms with Gasteiger partial charge in [-0.1, -0.05) is 13.8 Å². The van der Waals surface area contributed by atoms with E-state index in [0.717, 1.165) is 24.1 Å². The Morgan fingerprint density at radius 3 is 2.62 bits per heavy atom. The molecule has 7 nitrogen and oxygen atoms in total. The van der Waals surface area contributed by atoms with Crippen LogP contribution in [0.15, 0.2) is 4.99 Å². The molecule has 0 bridgehead atoms. The maximum Gasteiger partial charge on any atom is 0.350 e. The Kier molecular flexibility index (Phi) is 8.49. The van der Waals surface area contributed by atoms with Gasteiger partial charge in [0.2, 0.25) is 0 Å². The zero-order chi connectivity index (χ0) is 19.9. The van der Waals surface area contributed by atoms with E-state index in [1.165, 1.54) is 11.3 Å². The summed E-state index contributed by atoms with van der Waals surface area (Å²) < 4.78 is 5.08. The van der Waals surface area contributed by atoms with Crippen LogP contribution in [-0.4, -0.2) is 62.7 Å². The van der Waals surface area contributed by atoms with Crippen molar-refractivity contribution in [2.75, 3.05) is 40.8 Å². The van der Waals surface area contributed by atoms with E-state index >= 15 is 0 Å². The monoisotopic (exact) mass is 383 g/mol. The fourth-order valence-electron chi connectivity index (χ4n) is 2.68. The number of aromatic nitrogens is 1. The molecule has 0 radical (unpaired) electrons. The van der Waals surface area contributed by atoms with Crippen LogP contribution in [0, 0.1) is 12.3 Å². The van der Waals surface area contributed by atoms with Gasteiger partial charge in [0.05, 0.1) is 18.3 Å². The summed E-state index contributed by atoms with van der Waals surface area (Å²) in [6, 6.07) is -0.0648. The molecule has 0 aliphatic rings. The lowest BCUT2D eigenvalue weighted by Gasteiger charge is -2.29. The number of hydrogen-bond donors (Lipinski definition) is 2. The number of thiazole rings is 1. The first-order chi connectivity index (χ1) is 12.1. The van der Waals surface area contributed by atoms with E-state index in [9.17, 15) is 4.79 Å². The van der Waals surface area contributed by atoms with Crippen LogP contribution in [0.25, 0.3) is 0 Å². The Labute approximate surface area is 161 Å². The van der Waals surface area contributed by atoms with Crippen LogP contribution in [0.5, 0.6) is 0 Å². The summed E-state index contributed by atoms with van der Waals surface area (Å²) in [4.78, 5) is 23.5. The maximum absolute atomic E-state index is 12.0. The summed E-state index contributed by atoms with van der Waals surface area (Å²) >= 11 is 1.36. The van der Waals surface area contributed by atoms with Crippen LogP contribution in [0.3, 0.4) is 0 Å². The smallest absolute Gasteiger partial charge is 0.350 e. The molecule has 1 rings (SSSR count). The third-order valence-corrected chi connectivity index (χ3v) is 5.02. The molecule has 1 heterocycles. The summed E-state index contributed by atoms with van der Waals surface area (Å²) in [6.07, 6.45) is 0. The molecule has 0 aliphatic heterocycles. The van der Waals surface area contributed by atoms with Gasteiger partial charge >= 0.3 is 5.97 Å². The van der Waals surface area contributed by atoms with Gasteiger partial charge in [-0.05, 0) is 40.3 Å². The largest absolute Gasteiger partial charge is 0.462 e. The second-order valence-electron chi connectivity index (χ2n) is 7.38. The number of nitrogens with zero attached hydrogens (tertiary/aromatic N) is 3. The van der Waals surface area contributed by atoms with Gasteiger partial charge in [0.15, 0.2) is 5.96 Å². The minimum atomic E-state index is -0.311. The van der Waals surface area contributed by atoms with E-state index in [0.29, 0.717) is 17.2 Å². The Bertz CT molecular complexity index is 625. The van der Waals surface area contributed by atoms with Gasteiger partial charge in [-0.25, -0.2) is 9.78 Å². The summed E-state index contributed by atoms with van der Waals surface area (Å²) in [5.41, 5.74) is 0.811. The van der Waals surface area contributed by atoms with Crippen molar-refractivity contribution in [3.05, 3.63) is 15.6 Å². The van der Waals surface area contributed by atoms with Gasteiger partial charge in [0.25, 0.3) is 0 Å². The Balaban J connectivity index is 2.71. The number of hydrogen-bond acceptors (Lipinski definition) is 6. The van der Waals surface area contributed by atoms with Gasteiger partial charge in [-0.15, -0.1) is 11.3 Å². The summed E-state index contributed by atoms with van der Waals surface area (Å²) in [5.74, 6) is 0.406. The molecular formula is C18H33N5O2S. The first kappa shape index (κ1) is 22.4. The van der Waals surface area contributed by atoms with Crippen LogP contribution >= 0.6 is 11.3 Å². The van der Waals surface area contributed by atoms with Crippen LogP contribution < -0.4 is 10.6 Å². The van der Waals surface area contributed by atoms with E-state index in [2.05, 4.69) is 53.5 Å². The average molecular weight is 384 g/mol. The van der Waals surface area contributed by atoms with Crippen molar-refractivity contribution in [1.29, 1.82) is 0 Å². The lowest BCUT2D eigenvalue weighted by molar-refractivity contribution is 0.0531. The standard InChI is InChI=1S/C18H33N5O2S/c1-9-25-16(24)14-12(2)21-15(26-14)13(3)22-17(19-6)20-10-18(4,5)11-23(7)8/h13H,9-11H2,1-8H3,(H2,19,20,22). The first-order valence-electron chi connectivity index (χ1n) is 8.86.